The maximum atomic E-state index is 13.1. The summed E-state index contributed by atoms with van der Waals surface area (Å²) in [6.07, 6.45) is 1.94. The molecule has 4 nitrogen and oxygen atoms in total. The Kier molecular flexibility index (Phi) is 10.2. The molecule has 0 aliphatic rings. The maximum Gasteiger partial charge on any atom is 0.242 e. The first-order valence-corrected chi connectivity index (χ1v) is 11.9. The quantitative estimate of drug-likeness (QED) is 0.481. The minimum Gasteiger partial charge on any atom is -0.354 e. The molecule has 0 spiro atoms. The van der Waals surface area contributed by atoms with Gasteiger partial charge in [0.15, 0.2) is 0 Å². The minimum atomic E-state index is -0.527. The van der Waals surface area contributed by atoms with E-state index < -0.39 is 6.04 Å². The number of carbonyl (C=O) groups is 2. The standard InChI is InChI=1S/C24H31ClN2O2S/c1-4-5-13-26-24(29)19(3)27(15-21-11-7-6-9-18(21)2)23(28)17-30-16-20-10-8-12-22(25)14-20/h6-12,14,19H,4-5,13,15-17H2,1-3H3,(H,26,29). The van der Waals surface area contributed by atoms with Gasteiger partial charge >= 0.3 is 0 Å². The Morgan fingerprint density at radius 1 is 1.17 bits per heavy atom. The van der Waals surface area contributed by atoms with Gasteiger partial charge in [0, 0.05) is 23.9 Å². The van der Waals surface area contributed by atoms with Gasteiger partial charge in [-0.25, -0.2) is 0 Å². The third-order valence-electron chi connectivity index (χ3n) is 4.98. The molecule has 2 amide bonds. The van der Waals surface area contributed by atoms with Gasteiger partial charge in [-0.15, -0.1) is 11.8 Å². The molecule has 0 aliphatic carbocycles. The van der Waals surface area contributed by atoms with Crippen molar-refractivity contribution in [2.45, 2.75) is 52.0 Å². The highest BCUT2D eigenvalue weighted by atomic mass is 35.5. The van der Waals surface area contributed by atoms with Crippen molar-refractivity contribution < 1.29 is 9.59 Å². The summed E-state index contributed by atoms with van der Waals surface area (Å²) in [5, 5.41) is 3.65. The van der Waals surface area contributed by atoms with Crippen molar-refractivity contribution in [3.63, 3.8) is 0 Å². The number of aryl methyl sites for hydroxylation is 1. The summed E-state index contributed by atoms with van der Waals surface area (Å²) in [5.41, 5.74) is 3.25. The van der Waals surface area contributed by atoms with Gasteiger partial charge in [-0.05, 0) is 49.1 Å². The summed E-state index contributed by atoms with van der Waals surface area (Å²) in [6.45, 7) is 6.97. The lowest BCUT2D eigenvalue weighted by molar-refractivity contribution is -0.138. The SMILES string of the molecule is CCCCNC(=O)C(C)N(Cc1ccccc1C)C(=O)CSCc1cccc(Cl)c1. The average Bonchev–Trinajstić information content (AvgIpc) is 2.72. The molecule has 0 bridgehead atoms. The smallest absolute Gasteiger partial charge is 0.242 e. The predicted octanol–water partition coefficient (Wildman–Crippen LogP) is 5.22. The van der Waals surface area contributed by atoms with Crippen LogP contribution < -0.4 is 5.32 Å². The molecular formula is C24H31ClN2O2S. The molecule has 1 unspecified atom stereocenters. The Balaban J connectivity index is 2.05. The zero-order valence-corrected chi connectivity index (χ0v) is 19.6. The molecule has 30 heavy (non-hydrogen) atoms. The molecule has 0 fully saturated rings. The Morgan fingerprint density at radius 3 is 2.63 bits per heavy atom. The second-order valence-corrected chi connectivity index (χ2v) is 8.81. The molecule has 2 aromatic rings. The number of nitrogens with one attached hydrogen (secondary N) is 1. The van der Waals surface area contributed by atoms with Gasteiger partial charge in [0.05, 0.1) is 5.75 Å². The number of thioether (sulfide) groups is 1. The molecule has 2 aromatic carbocycles. The zero-order valence-electron chi connectivity index (χ0n) is 18.0. The second-order valence-electron chi connectivity index (χ2n) is 7.39. The summed E-state index contributed by atoms with van der Waals surface area (Å²) < 4.78 is 0. The minimum absolute atomic E-state index is 0.0385. The number of carbonyl (C=O) groups excluding carboxylic acids is 2. The van der Waals surface area contributed by atoms with Gasteiger partial charge in [-0.1, -0.05) is 61.3 Å². The predicted molar refractivity (Wildman–Crippen MR) is 127 cm³/mol. The molecule has 0 heterocycles. The fourth-order valence-electron chi connectivity index (χ4n) is 3.06. The maximum absolute atomic E-state index is 13.1. The highest BCUT2D eigenvalue weighted by Gasteiger charge is 2.26. The first-order chi connectivity index (χ1) is 14.4. The Labute approximate surface area is 189 Å². The van der Waals surface area contributed by atoms with Crippen LogP contribution in [0, 0.1) is 6.92 Å². The molecule has 2 rings (SSSR count). The van der Waals surface area contributed by atoms with E-state index in [0.717, 1.165) is 29.5 Å². The lowest BCUT2D eigenvalue weighted by Gasteiger charge is -2.29. The lowest BCUT2D eigenvalue weighted by atomic mass is 10.1. The fraction of sp³-hybridized carbons (Fsp3) is 0.417. The van der Waals surface area contributed by atoms with Crippen LogP contribution in [0.5, 0.6) is 0 Å². The van der Waals surface area contributed by atoms with Crippen LogP contribution in [0.3, 0.4) is 0 Å². The zero-order chi connectivity index (χ0) is 21.9. The van der Waals surface area contributed by atoms with Crippen LogP contribution in [-0.2, 0) is 21.9 Å². The fourth-order valence-corrected chi connectivity index (χ4v) is 4.13. The van der Waals surface area contributed by atoms with Crippen LogP contribution >= 0.6 is 23.4 Å². The van der Waals surface area contributed by atoms with E-state index in [0.29, 0.717) is 29.6 Å². The first-order valence-electron chi connectivity index (χ1n) is 10.4. The van der Waals surface area contributed by atoms with E-state index in [9.17, 15) is 9.59 Å². The van der Waals surface area contributed by atoms with Crippen molar-refractivity contribution in [2.24, 2.45) is 0 Å². The number of benzene rings is 2. The van der Waals surface area contributed by atoms with Crippen LogP contribution in [0.2, 0.25) is 5.02 Å². The molecule has 0 radical (unpaired) electrons. The van der Waals surface area contributed by atoms with E-state index in [1.54, 1.807) is 11.8 Å². The third kappa shape index (κ3) is 7.69. The van der Waals surface area contributed by atoms with Crippen LogP contribution in [0.15, 0.2) is 48.5 Å². The summed E-state index contributed by atoms with van der Waals surface area (Å²) >= 11 is 7.58. The molecule has 0 saturated carbocycles. The van der Waals surface area contributed by atoms with Gasteiger partial charge < -0.3 is 10.2 Å². The van der Waals surface area contributed by atoms with E-state index in [4.69, 9.17) is 11.6 Å². The highest BCUT2D eigenvalue weighted by Crippen LogP contribution is 2.19. The second kappa shape index (κ2) is 12.7. The van der Waals surface area contributed by atoms with Crippen molar-refractivity contribution in [1.82, 2.24) is 10.2 Å². The summed E-state index contributed by atoms with van der Waals surface area (Å²) in [4.78, 5) is 27.4. The van der Waals surface area contributed by atoms with Crippen LogP contribution in [0.1, 0.15) is 43.4 Å². The summed E-state index contributed by atoms with van der Waals surface area (Å²) in [7, 11) is 0. The Morgan fingerprint density at radius 2 is 1.93 bits per heavy atom. The first kappa shape index (κ1) is 24.3. The number of rotatable bonds is 11. The molecule has 0 aromatic heterocycles. The van der Waals surface area contributed by atoms with Crippen molar-refractivity contribution in [2.75, 3.05) is 12.3 Å². The van der Waals surface area contributed by atoms with E-state index in [-0.39, 0.29) is 11.8 Å². The van der Waals surface area contributed by atoms with Gasteiger partial charge in [0.25, 0.3) is 0 Å². The summed E-state index contributed by atoms with van der Waals surface area (Å²) in [6, 6.07) is 15.1. The highest BCUT2D eigenvalue weighted by molar-refractivity contribution is 7.99. The summed E-state index contributed by atoms with van der Waals surface area (Å²) in [5.74, 6) is 0.862. The number of halogens is 1. The van der Waals surface area contributed by atoms with E-state index >= 15 is 0 Å². The van der Waals surface area contributed by atoms with Gasteiger partial charge in [-0.2, -0.15) is 0 Å². The average molecular weight is 447 g/mol. The van der Waals surface area contributed by atoms with Crippen molar-refractivity contribution >= 4 is 35.2 Å². The van der Waals surface area contributed by atoms with Crippen molar-refractivity contribution in [1.29, 1.82) is 0 Å². The molecule has 0 aliphatic heterocycles. The van der Waals surface area contributed by atoms with Gasteiger partial charge in [0.2, 0.25) is 11.8 Å². The van der Waals surface area contributed by atoms with Gasteiger partial charge in [-0.3, -0.25) is 9.59 Å². The van der Waals surface area contributed by atoms with Crippen molar-refractivity contribution in [3.05, 3.63) is 70.2 Å². The molecule has 0 saturated heterocycles. The molecule has 1 atom stereocenters. The number of unbranched alkanes of at least 4 members (excludes halogenated alkanes) is 1. The number of hydrogen-bond donors (Lipinski definition) is 1. The van der Waals surface area contributed by atoms with E-state index in [2.05, 4.69) is 12.2 Å². The van der Waals surface area contributed by atoms with Crippen LogP contribution in [-0.4, -0.2) is 35.1 Å². The number of amides is 2. The van der Waals surface area contributed by atoms with Gasteiger partial charge in [0.1, 0.15) is 6.04 Å². The molecular weight excluding hydrogens is 416 g/mol. The third-order valence-corrected chi connectivity index (χ3v) is 6.21. The topological polar surface area (TPSA) is 49.4 Å². The molecule has 6 heteroatoms. The normalized spacial score (nSPS) is 11.7. The molecule has 1 N–H and O–H groups in total. The monoisotopic (exact) mass is 446 g/mol. The Bertz CT molecular complexity index is 843. The van der Waals surface area contributed by atoms with Crippen LogP contribution in [0.4, 0.5) is 0 Å². The van der Waals surface area contributed by atoms with E-state index in [1.807, 2.05) is 55.5 Å². The largest absolute Gasteiger partial charge is 0.354 e. The van der Waals surface area contributed by atoms with Crippen molar-refractivity contribution in [3.8, 4) is 0 Å². The lowest BCUT2D eigenvalue weighted by Crippen LogP contribution is -2.48. The number of hydrogen-bond acceptors (Lipinski definition) is 3. The van der Waals surface area contributed by atoms with Crippen LogP contribution in [0.25, 0.3) is 0 Å². The van der Waals surface area contributed by atoms with E-state index in [1.165, 1.54) is 11.8 Å². The Hall–Kier alpha value is -1.98. The molecule has 162 valence electrons. The number of nitrogens with zero attached hydrogens (tertiary/aromatic N) is 1.